The minimum Gasteiger partial charge on any atom is -0.486 e. The van der Waals surface area contributed by atoms with Crippen molar-refractivity contribution >= 4 is 16.8 Å². The predicted octanol–water partition coefficient (Wildman–Crippen LogP) is 2.89. The minimum absolute atomic E-state index is 0.139. The normalized spacial score (nSPS) is 12.8. The highest BCUT2D eigenvalue weighted by Crippen LogP contribution is 2.33. The molecule has 6 heteroatoms. The zero-order chi connectivity index (χ0) is 19.7. The highest BCUT2D eigenvalue weighted by molar-refractivity contribution is 5.94. The van der Waals surface area contributed by atoms with E-state index >= 15 is 0 Å². The van der Waals surface area contributed by atoms with Gasteiger partial charge in [0.25, 0.3) is 11.5 Å². The zero-order valence-corrected chi connectivity index (χ0v) is 15.9. The Bertz CT molecular complexity index is 1120. The van der Waals surface area contributed by atoms with Crippen molar-refractivity contribution < 1.29 is 14.3 Å². The number of carbonyl (C=O) groups is 1. The molecule has 0 atom stereocenters. The Morgan fingerprint density at radius 2 is 1.79 bits per heavy atom. The molecule has 1 aromatic heterocycles. The fourth-order valence-corrected chi connectivity index (χ4v) is 3.27. The summed E-state index contributed by atoms with van der Waals surface area (Å²) < 4.78 is 11.2. The molecule has 144 valence electrons. The molecule has 1 aliphatic heterocycles. The van der Waals surface area contributed by atoms with E-state index in [4.69, 9.17) is 9.47 Å². The van der Waals surface area contributed by atoms with Gasteiger partial charge in [0.1, 0.15) is 13.2 Å². The number of aromatic nitrogens is 1. The monoisotopic (exact) mass is 378 g/mol. The molecule has 4 rings (SSSR count). The number of aryl methyl sites for hydroxylation is 2. The molecule has 0 saturated heterocycles. The third-order valence-corrected chi connectivity index (χ3v) is 5.03. The van der Waals surface area contributed by atoms with Crippen LogP contribution >= 0.6 is 0 Å². The molecule has 0 unspecified atom stereocenters. The lowest BCUT2D eigenvalue weighted by atomic mass is 10.1. The Morgan fingerprint density at radius 1 is 1.04 bits per heavy atom. The van der Waals surface area contributed by atoms with Gasteiger partial charge in [-0.1, -0.05) is 6.07 Å². The number of H-pyrrole nitrogens is 1. The third kappa shape index (κ3) is 3.58. The topological polar surface area (TPSA) is 80.4 Å². The van der Waals surface area contributed by atoms with E-state index in [1.165, 1.54) is 0 Å². The summed E-state index contributed by atoms with van der Waals surface area (Å²) in [6.45, 7) is 5.39. The van der Waals surface area contributed by atoms with Crippen LogP contribution in [-0.4, -0.2) is 30.6 Å². The second-order valence-electron chi connectivity index (χ2n) is 7.01. The lowest BCUT2D eigenvalue weighted by molar-refractivity contribution is 0.0954. The Morgan fingerprint density at radius 3 is 2.54 bits per heavy atom. The van der Waals surface area contributed by atoms with E-state index in [-0.39, 0.29) is 11.5 Å². The molecule has 0 radical (unpaired) electrons. The summed E-state index contributed by atoms with van der Waals surface area (Å²) in [4.78, 5) is 27.6. The van der Waals surface area contributed by atoms with Crippen LogP contribution in [0.2, 0.25) is 0 Å². The highest BCUT2D eigenvalue weighted by atomic mass is 16.6. The first-order valence-electron chi connectivity index (χ1n) is 9.32. The van der Waals surface area contributed by atoms with E-state index in [1.54, 1.807) is 6.07 Å². The summed E-state index contributed by atoms with van der Waals surface area (Å²) in [5.74, 6) is 1.18. The second kappa shape index (κ2) is 7.38. The van der Waals surface area contributed by atoms with Gasteiger partial charge in [-0.2, -0.15) is 0 Å². The van der Waals surface area contributed by atoms with Crippen molar-refractivity contribution in [1.29, 1.82) is 0 Å². The van der Waals surface area contributed by atoms with Gasteiger partial charge < -0.3 is 19.8 Å². The van der Waals surface area contributed by atoms with Crippen molar-refractivity contribution in [3.8, 4) is 11.5 Å². The summed E-state index contributed by atoms with van der Waals surface area (Å²) in [6, 6.07) is 11.1. The smallest absolute Gasteiger partial charge is 0.251 e. The van der Waals surface area contributed by atoms with Crippen molar-refractivity contribution in [2.75, 3.05) is 19.8 Å². The number of benzene rings is 2. The van der Waals surface area contributed by atoms with Crippen molar-refractivity contribution in [1.82, 2.24) is 10.3 Å². The van der Waals surface area contributed by atoms with Crippen LogP contribution in [-0.2, 0) is 6.42 Å². The van der Waals surface area contributed by atoms with Gasteiger partial charge in [-0.25, -0.2) is 0 Å². The number of rotatable bonds is 4. The largest absolute Gasteiger partial charge is 0.486 e. The molecule has 0 aliphatic carbocycles. The summed E-state index contributed by atoms with van der Waals surface area (Å²) in [7, 11) is 0. The van der Waals surface area contributed by atoms with Crippen LogP contribution in [0.15, 0.2) is 41.2 Å². The summed E-state index contributed by atoms with van der Waals surface area (Å²) >= 11 is 0. The van der Waals surface area contributed by atoms with Crippen LogP contribution in [0.1, 0.15) is 27.0 Å². The maximum Gasteiger partial charge on any atom is 0.251 e. The summed E-state index contributed by atoms with van der Waals surface area (Å²) in [5.41, 5.74) is 4.01. The molecular formula is C22H22N2O4. The maximum absolute atomic E-state index is 12.4. The molecule has 0 saturated carbocycles. The van der Waals surface area contributed by atoms with Crippen molar-refractivity contribution in [2.24, 2.45) is 0 Å². The van der Waals surface area contributed by atoms with E-state index < -0.39 is 0 Å². The van der Waals surface area contributed by atoms with Gasteiger partial charge in [0, 0.05) is 29.1 Å². The highest BCUT2D eigenvalue weighted by Gasteiger charge is 2.14. The Kier molecular flexibility index (Phi) is 4.77. The molecule has 0 bridgehead atoms. The number of pyridine rings is 1. The van der Waals surface area contributed by atoms with Crippen molar-refractivity contribution in [2.45, 2.75) is 20.3 Å². The predicted molar refractivity (Wildman–Crippen MR) is 108 cm³/mol. The van der Waals surface area contributed by atoms with E-state index in [2.05, 4.69) is 10.3 Å². The number of amides is 1. The first-order chi connectivity index (χ1) is 13.5. The summed E-state index contributed by atoms with van der Waals surface area (Å²) in [5, 5.41) is 3.76. The van der Waals surface area contributed by atoms with E-state index in [1.807, 2.05) is 44.2 Å². The van der Waals surface area contributed by atoms with Crippen LogP contribution in [0.5, 0.6) is 11.5 Å². The standard InChI is InChI=1S/C22H22N2O4/c1-13-3-4-15(9-14(13)2)21(25)23-6-5-16-10-17-11-19-20(28-8-7-27-19)12-18(17)24-22(16)26/h3-4,9-12H,5-8H2,1-2H3,(H,23,25)(H,24,26). The van der Waals surface area contributed by atoms with Gasteiger partial charge in [-0.05, 0) is 55.7 Å². The van der Waals surface area contributed by atoms with Crippen molar-refractivity contribution in [3.05, 3.63) is 69.0 Å². The number of hydrogen-bond donors (Lipinski definition) is 2. The second-order valence-corrected chi connectivity index (χ2v) is 7.01. The Hall–Kier alpha value is -3.28. The molecule has 3 aromatic rings. The zero-order valence-electron chi connectivity index (χ0n) is 15.9. The number of ether oxygens (including phenoxy) is 2. The van der Waals surface area contributed by atoms with Crippen molar-refractivity contribution in [3.63, 3.8) is 0 Å². The molecule has 0 fully saturated rings. The Labute approximate surface area is 162 Å². The SMILES string of the molecule is Cc1ccc(C(=O)NCCc2cc3cc4c(cc3[nH]c2=O)OCCO4)cc1C. The van der Waals surface area contributed by atoms with E-state index in [0.717, 1.165) is 16.5 Å². The van der Waals surface area contributed by atoms with Gasteiger partial charge in [-0.3, -0.25) is 9.59 Å². The van der Waals surface area contributed by atoms with Crippen LogP contribution in [0.3, 0.4) is 0 Å². The number of nitrogens with one attached hydrogen (secondary N) is 2. The molecule has 2 aromatic carbocycles. The fraction of sp³-hybridized carbons (Fsp3) is 0.273. The van der Waals surface area contributed by atoms with E-state index in [0.29, 0.717) is 54.3 Å². The lowest BCUT2D eigenvalue weighted by Gasteiger charge is -2.18. The molecule has 0 spiro atoms. The van der Waals surface area contributed by atoms with Gasteiger partial charge in [-0.15, -0.1) is 0 Å². The Balaban J connectivity index is 1.48. The lowest BCUT2D eigenvalue weighted by Crippen LogP contribution is -2.27. The molecule has 1 amide bonds. The van der Waals surface area contributed by atoms with E-state index in [9.17, 15) is 9.59 Å². The molecule has 6 nitrogen and oxygen atoms in total. The average molecular weight is 378 g/mol. The maximum atomic E-state index is 12.4. The first-order valence-corrected chi connectivity index (χ1v) is 9.32. The number of aromatic amines is 1. The van der Waals surface area contributed by atoms with Gasteiger partial charge in [0.15, 0.2) is 11.5 Å². The third-order valence-electron chi connectivity index (χ3n) is 5.03. The molecule has 2 heterocycles. The number of hydrogen-bond acceptors (Lipinski definition) is 4. The average Bonchev–Trinajstić information content (AvgIpc) is 2.69. The minimum atomic E-state index is -0.162. The van der Waals surface area contributed by atoms with Crippen LogP contribution in [0.4, 0.5) is 0 Å². The van der Waals surface area contributed by atoms with Gasteiger partial charge >= 0.3 is 0 Å². The molecule has 28 heavy (non-hydrogen) atoms. The molecule has 2 N–H and O–H groups in total. The van der Waals surface area contributed by atoms with Gasteiger partial charge in [0.05, 0.1) is 5.52 Å². The van der Waals surface area contributed by atoms with Crippen LogP contribution in [0, 0.1) is 13.8 Å². The molecule has 1 aliphatic rings. The number of carbonyl (C=O) groups excluding carboxylic acids is 1. The molecular weight excluding hydrogens is 356 g/mol. The van der Waals surface area contributed by atoms with Gasteiger partial charge in [0.2, 0.25) is 0 Å². The number of fused-ring (bicyclic) bond motifs is 2. The van der Waals surface area contributed by atoms with Crippen LogP contribution in [0.25, 0.3) is 10.9 Å². The summed E-state index contributed by atoms with van der Waals surface area (Å²) in [6.07, 6.45) is 0.441. The quantitative estimate of drug-likeness (QED) is 0.732. The fourth-order valence-electron chi connectivity index (χ4n) is 3.27. The van der Waals surface area contributed by atoms with Crippen LogP contribution < -0.4 is 20.3 Å². The first kappa shape index (κ1) is 18.1.